The molecule has 0 saturated carbocycles. The van der Waals surface area contributed by atoms with Crippen molar-refractivity contribution in [2.45, 2.75) is 26.2 Å². The van der Waals surface area contributed by atoms with E-state index in [2.05, 4.69) is 16.5 Å². The largest absolute Gasteiger partial charge is 0.303 e. The Labute approximate surface area is 134 Å². The molecule has 4 nitrogen and oxygen atoms in total. The Morgan fingerprint density at radius 2 is 2.09 bits per heavy atom. The second-order valence-electron chi connectivity index (χ2n) is 6.05. The van der Waals surface area contributed by atoms with Gasteiger partial charge < -0.3 is 4.90 Å². The van der Waals surface area contributed by atoms with Gasteiger partial charge in [0.1, 0.15) is 0 Å². The van der Waals surface area contributed by atoms with Crippen LogP contribution in [0.2, 0.25) is 0 Å². The fourth-order valence-electron chi connectivity index (χ4n) is 2.79. The molecule has 2 rings (SSSR count). The summed E-state index contributed by atoms with van der Waals surface area (Å²) in [6.07, 6.45) is 5.04. The molecule has 0 aromatic heterocycles. The van der Waals surface area contributed by atoms with Crippen molar-refractivity contribution in [2.24, 2.45) is 5.92 Å². The number of nitrogens with zero attached hydrogens (tertiary/aromatic N) is 1. The second-order valence-corrected chi connectivity index (χ2v) is 7.71. The quantitative estimate of drug-likeness (QED) is 0.785. The number of nitrogens with one attached hydrogen (secondary N) is 1. The number of rotatable bonds is 7. The predicted octanol–water partition coefficient (Wildman–Crippen LogP) is 2.70. The van der Waals surface area contributed by atoms with Crippen LogP contribution in [-0.4, -0.2) is 39.5 Å². The summed E-state index contributed by atoms with van der Waals surface area (Å²) in [7, 11) is -3.34. The highest BCUT2D eigenvalue weighted by atomic mass is 32.2. The summed E-state index contributed by atoms with van der Waals surface area (Å²) in [5.74, 6) is 0.763. The molecular formula is C17H26N2O2S. The van der Waals surface area contributed by atoms with Gasteiger partial charge in [0.15, 0.2) is 0 Å². The first kappa shape index (κ1) is 17.2. The maximum atomic E-state index is 11.9. The first-order valence-electron chi connectivity index (χ1n) is 8.00. The summed E-state index contributed by atoms with van der Waals surface area (Å²) in [5, 5.41) is 1.24. The first-order chi connectivity index (χ1) is 10.6. The number of benzene rings is 1. The SMILES string of the molecule is CC1CCCN(CCCNS(=O)(=O)C=Cc2ccccc2)C1. The highest BCUT2D eigenvalue weighted by Gasteiger charge is 2.15. The normalized spacial score (nSPS) is 20.5. The Bertz CT molecular complexity index is 570. The molecule has 0 aliphatic carbocycles. The monoisotopic (exact) mass is 322 g/mol. The van der Waals surface area contributed by atoms with Crippen molar-refractivity contribution in [1.29, 1.82) is 0 Å². The predicted molar refractivity (Wildman–Crippen MR) is 91.9 cm³/mol. The van der Waals surface area contributed by atoms with E-state index in [1.807, 2.05) is 30.3 Å². The molecule has 0 amide bonds. The molecule has 1 atom stereocenters. The fraction of sp³-hybridized carbons (Fsp3) is 0.529. The molecule has 1 saturated heterocycles. The second kappa shape index (κ2) is 8.46. The highest BCUT2D eigenvalue weighted by Crippen LogP contribution is 2.15. The van der Waals surface area contributed by atoms with Gasteiger partial charge in [-0.25, -0.2) is 13.1 Å². The van der Waals surface area contributed by atoms with E-state index in [0.717, 1.165) is 37.5 Å². The van der Waals surface area contributed by atoms with Crippen LogP contribution in [0.3, 0.4) is 0 Å². The van der Waals surface area contributed by atoms with Crippen molar-refractivity contribution in [2.75, 3.05) is 26.2 Å². The van der Waals surface area contributed by atoms with Gasteiger partial charge in [0.25, 0.3) is 0 Å². The van der Waals surface area contributed by atoms with Crippen molar-refractivity contribution < 1.29 is 8.42 Å². The third kappa shape index (κ3) is 6.30. The van der Waals surface area contributed by atoms with E-state index in [-0.39, 0.29) is 0 Å². The maximum Gasteiger partial charge on any atom is 0.233 e. The minimum absolute atomic E-state index is 0.492. The van der Waals surface area contributed by atoms with Gasteiger partial charge in [-0.2, -0.15) is 0 Å². The molecule has 0 spiro atoms. The van der Waals surface area contributed by atoms with Crippen LogP contribution in [0.1, 0.15) is 31.7 Å². The Balaban J connectivity index is 1.70. The van der Waals surface area contributed by atoms with E-state index in [1.165, 1.54) is 18.2 Å². The number of hydrogen-bond donors (Lipinski definition) is 1. The van der Waals surface area contributed by atoms with E-state index in [1.54, 1.807) is 6.08 Å². The van der Waals surface area contributed by atoms with Gasteiger partial charge in [0.2, 0.25) is 10.0 Å². The minimum atomic E-state index is -3.34. The van der Waals surface area contributed by atoms with Crippen LogP contribution in [0.15, 0.2) is 35.7 Å². The Morgan fingerprint density at radius 1 is 1.32 bits per heavy atom. The molecule has 1 aromatic carbocycles. The van der Waals surface area contributed by atoms with Crippen LogP contribution in [0.25, 0.3) is 6.08 Å². The summed E-state index contributed by atoms with van der Waals surface area (Å²) in [6, 6.07) is 9.44. The molecule has 1 aromatic rings. The zero-order valence-electron chi connectivity index (χ0n) is 13.2. The summed E-state index contributed by atoms with van der Waals surface area (Å²) in [4.78, 5) is 2.43. The lowest BCUT2D eigenvalue weighted by Crippen LogP contribution is -2.36. The van der Waals surface area contributed by atoms with E-state index in [4.69, 9.17) is 0 Å². The summed E-state index contributed by atoms with van der Waals surface area (Å²) < 4.78 is 26.4. The number of piperidine rings is 1. The summed E-state index contributed by atoms with van der Waals surface area (Å²) in [6.45, 7) is 6.02. The van der Waals surface area contributed by atoms with E-state index >= 15 is 0 Å². The fourth-order valence-corrected chi connectivity index (χ4v) is 3.65. The van der Waals surface area contributed by atoms with Crippen LogP contribution < -0.4 is 4.72 Å². The first-order valence-corrected chi connectivity index (χ1v) is 9.55. The van der Waals surface area contributed by atoms with Crippen LogP contribution in [0, 0.1) is 5.92 Å². The number of hydrogen-bond acceptors (Lipinski definition) is 3. The van der Waals surface area contributed by atoms with Crippen LogP contribution >= 0.6 is 0 Å². The molecule has 0 bridgehead atoms. The molecule has 122 valence electrons. The molecule has 0 radical (unpaired) electrons. The molecule has 22 heavy (non-hydrogen) atoms. The van der Waals surface area contributed by atoms with Gasteiger partial charge in [0.05, 0.1) is 0 Å². The van der Waals surface area contributed by atoms with Gasteiger partial charge in [-0.1, -0.05) is 37.3 Å². The van der Waals surface area contributed by atoms with Crippen molar-refractivity contribution in [3.8, 4) is 0 Å². The average molecular weight is 322 g/mol. The highest BCUT2D eigenvalue weighted by molar-refractivity contribution is 7.92. The number of likely N-dealkylation sites (tertiary alicyclic amines) is 1. The van der Waals surface area contributed by atoms with Crippen molar-refractivity contribution in [3.63, 3.8) is 0 Å². The van der Waals surface area contributed by atoms with Gasteiger partial charge >= 0.3 is 0 Å². The van der Waals surface area contributed by atoms with Crippen molar-refractivity contribution in [3.05, 3.63) is 41.3 Å². The lowest BCUT2D eigenvalue weighted by molar-refractivity contribution is 0.182. The molecule has 1 N–H and O–H groups in total. The maximum absolute atomic E-state index is 11.9. The molecule has 5 heteroatoms. The number of sulfonamides is 1. The topological polar surface area (TPSA) is 49.4 Å². The van der Waals surface area contributed by atoms with Gasteiger partial charge in [0, 0.05) is 18.5 Å². The zero-order valence-corrected chi connectivity index (χ0v) is 14.1. The Hall–Kier alpha value is -1.17. The molecule has 1 heterocycles. The molecule has 1 fully saturated rings. The third-order valence-corrected chi connectivity index (χ3v) is 5.04. The lowest BCUT2D eigenvalue weighted by Gasteiger charge is -2.30. The smallest absolute Gasteiger partial charge is 0.233 e. The van der Waals surface area contributed by atoms with Crippen LogP contribution in [0.4, 0.5) is 0 Å². The van der Waals surface area contributed by atoms with Gasteiger partial charge in [-0.3, -0.25) is 0 Å². The minimum Gasteiger partial charge on any atom is -0.303 e. The van der Waals surface area contributed by atoms with Crippen molar-refractivity contribution in [1.82, 2.24) is 9.62 Å². The van der Waals surface area contributed by atoms with Crippen molar-refractivity contribution >= 4 is 16.1 Å². The molecular weight excluding hydrogens is 296 g/mol. The van der Waals surface area contributed by atoms with E-state index in [0.29, 0.717) is 6.54 Å². The zero-order chi connectivity index (χ0) is 15.8. The van der Waals surface area contributed by atoms with E-state index in [9.17, 15) is 8.42 Å². The third-order valence-electron chi connectivity index (χ3n) is 3.93. The average Bonchev–Trinajstić information content (AvgIpc) is 2.51. The Morgan fingerprint density at radius 3 is 2.82 bits per heavy atom. The molecule has 1 unspecified atom stereocenters. The lowest BCUT2D eigenvalue weighted by atomic mass is 10.0. The van der Waals surface area contributed by atoms with Crippen LogP contribution in [-0.2, 0) is 10.0 Å². The molecule has 1 aliphatic heterocycles. The molecule has 1 aliphatic rings. The summed E-state index contributed by atoms with van der Waals surface area (Å²) >= 11 is 0. The summed E-state index contributed by atoms with van der Waals surface area (Å²) in [5.41, 5.74) is 0.884. The van der Waals surface area contributed by atoms with Gasteiger partial charge in [-0.15, -0.1) is 0 Å². The van der Waals surface area contributed by atoms with E-state index < -0.39 is 10.0 Å². The Kier molecular flexibility index (Phi) is 6.61. The van der Waals surface area contributed by atoms with Gasteiger partial charge in [-0.05, 0) is 49.9 Å². The standard InChI is InChI=1S/C17H26N2O2S/c1-16-7-5-12-19(15-16)13-6-11-18-22(20,21)14-10-17-8-3-2-4-9-17/h2-4,8-10,14,16,18H,5-7,11-13,15H2,1H3. The van der Waals surface area contributed by atoms with Crippen LogP contribution in [0.5, 0.6) is 0 Å².